The predicted molar refractivity (Wildman–Crippen MR) is 69.3 cm³/mol. The van der Waals surface area contributed by atoms with Crippen molar-refractivity contribution in [3.8, 4) is 0 Å². The summed E-state index contributed by atoms with van der Waals surface area (Å²) in [4.78, 5) is 3.50. The van der Waals surface area contributed by atoms with E-state index in [0.29, 0.717) is 13.1 Å². The van der Waals surface area contributed by atoms with Crippen molar-refractivity contribution in [1.29, 1.82) is 0 Å². The number of hydrogen-bond acceptors (Lipinski definition) is 4. The fourth-order valence-electron chi connectivity index (χ4n) is 2.34. The molecular weight excluding hydrogens is 269 g/mol. The Kier molecular flexibility index (Phi) is 4.17. The highest BCUT2D eigenvalue weighted by Crippen LogP contribution is 2.27. The lowest BCUT2D eigenvalue weighted by Crippen LogP contribution is -2.47. The highest BCUT2D eigenvalue weighted by Gasteiger charge is 2.34. The van der Waals surface area contributed by atoms with E-state index in [0.717, 1.165) is 25.1 Å². The molecule has 1 aliphatic heterocycles. The first-order chi connectivity index (χ1) is 8.95. The van der Waals surface area contributed by atoms with E-state index in [9.17, 15) is 12.8 Å². The lowest BCUT2D eigenvalue weighted by molar-refractivity contribution is 0.211. The highest BCUT2D eigenvalue weighted by atomic mass is 32.2. The highest BCUT2D eigenvalue weighted by molar-refractivity contribution is 7.89. The first-order valence-electron chi connectivity index (χ1n) is 6.27. The topological polar surface area (TPSA) is 76.3 Å². The van der Waals surface area contributed by atoms with Gasteiger partial charge in [0.05, 0.1) is 6.20 Å². The Labute approximate surface area is 112 Å². The number of sulfonamides is 1. The summed E-state index contributed by atoms with van der Waals surface area (Å²) in [6.07, 6.45) is 3.85. The Balaban J connectivity index is 2.32. The molecule has 0 spiro atoms. The van der Waals surface area contributed by atoms with E-state index in [1.165, 1.54) is 10.5 Å². The molecule has 2 atom stereocenters. The maximum absolute atomic E-state index is 13.1. The maximum Gasteiger partial charge on any atom is 0.244 e. The van der Waals surface area contributed by atoms with Gasteiger partial charge in [0.1, 0.15) is 10.7 Å². The lowest BCUT2D eigenvalue weighted by atomic mass is 9.96. The van der Waals surface area contributed by atoms with E-state index in [1.807, 2.05) is 6.92 Å². The third kappa shape index (κ3) is 2.93. The van der Waals surface area contributed by atoms with Crippen molar-refractivity contribution in [3.63, 3.8) is 0 Å². The number of pyridine rings is 1. The molecular formula is C12H18FN3O2S. The molecule has 106 valence electrons. The molecule has 2 rings (SSSR count). The van der Waals surface area contributed by atoms with Gasteiger partial charge in [-0.25, -0.2) is 12.8 Å². The number of halogens is 1. The van der Waals surface area contributed by atoms with Gasteiger partial charge in [-0.15, -0.1) is 0 Å². The van der Waals surface area contributed by atoms with Crippen LogP contribution in [0.15, 0.2) is 23.4 Å². The van der Waals surface area contributed by atoms with Crippen LogP contribution in [0, 0.1) is 11.7 Å². The zero-order valence-electron chi connectivity index (χ0n) is 10.8. The molecule has 0 saturated carbocycles. The molecule has 1 aromatic heterocycles. The van der Waals surface area contributed by atoms with Crippen LogP contribution in [0.5, 0.6) is 0 Å². The van der Waals surface area contributed by atoms with Crippen molar-refractivity contribution in [2.45, 2.75) is 30.7 Å². The van der Waals surface area contributed by atoms with Gasteiger partial charge in [-0.3, -0.25) is 4.98 Å². The van der Waals surface area contributed by atoms with Gasteiger partial charge in [-0.1, -0.05) is 0 Å². The summed E-state index contributed by atoms with van der Waals surface area (Å²) in [7, 11) is -3.70. The van der Waals surface area contributed by atoms with Gasteiger partial charge in [0, 0.05) is 18.8 Å². The molecule has 0 bridgehead atoms. The Morgan fingerprint density at radius 3 is 2.84 bits per heavy atom. The second-order valence-electron chi connectivity index (χ2n) is 4.94. The van der Waals surface area contributed by atoms with Crippen LogP contribution >= 0.6 is 0 Å². The van der Waals surface area contributed by atoms with Gasteiger partial charge in [0.15, 0.2) is 0 Å². The molecule has 0 amide bonds. The number of rotatable bonds is 3. The van der Waals surface area contributed by atoms with Crippen LogP contribution in [0.4, 0.5) is 4.39 Å². The summed E-state index contributed by atoms with van der Waals surface area (Å²) < 4.78 is 39.5. The Morgan fingerprint density at radius 2 is 2.21 bits per heavy atom. The Morgan fingerprint density at radius 1 is 1.47 bits per heavy atom. The molecule has 2 heterocycles. The molecule has 19 heavy (non-hydrogen) atoms. The Bertz CT molecular complexity index is 550. The summed E-state index contributed by atoms with van der Waals surface area (Å²) >= 11 is 0. The van der Waals surface area contributed by atoms with Crippen LogP contribution in [0.25, 0.3) is 0 Å². The summed E-state index contributed by atoms with van der Waals surface area (Å²) in [6, 6.07) is 0.900. The van der Waals surface area contributed by atoms with Crippen LogP contribution in [-0.2, 0) is 10.0 Å². The van der Waals surface area contributed by atoms with Gasteiger partial charge in [0.25, 0.3) is 0 Å². The molecule has 2 unspecified atom stereocenters. The smallest absolute Gasteiger partial charge is 0.244 e. The van der Waals surface area contributed by atoms with Gasteiger partial charge >= 0.3 is 0 Å². The average Bonchev–Trinajstić information content (AvgIpc) is 2.39. The first-order valence-corrected chi connectivity index (χ1v) is 7.71. The number of hydrogen-bond donors (Lipinski definition) is 1. The minimum atomic E-state index is -3.70. The van der Waals surface area contributed by atoms with Crippen LogP contribution < -0.4 is 5.73 Å². The van der Waals surface area contributed by atoms with E-state index in [1.54, 1.807) is 0 Å². The lowest BCUT2D eigenvalue weighted by Gasteiger charge is -2.36. The normalized spacial score (nSPS) is 25.4. The zero-order chi connectivity index (χ0) is 14.0. The van der Waals surface area contributed by atoms with Gasteiger partial charge < -0.3 is 5.73 Å². The number of aromatic nitrogens is 1. The molecule has 7 heteroatoms. The molecule has 2 N–H and O–H groups in total. The fraction of sp³-hybridized carbons (Fsp3) is 0.583. The fourth-order valence-corrected chi connectivity index (χ4v) is 4.06. The van der Waals surface area contributed by atoms with E-state index >= 15 is 0 Å². The molecule has 1 fully saturated rings. The summed E-state index contributed by atoms with van der Waals surface area (Å²) in [5, 5.41) is 0. The largest absolute Gasteiger partial charge is 0.330 e. The monoisotopic (exact) mass is 287 g/mol. The molecule has 1 saturated heterocycles. The average molecular weight is 287 g/mol. The van der Waals surface area contributed by atoms with E-state index in [-0.39, 0.29) is 16.9 Å². The summed E-state index contributed by atoms with van der Waals surface area (Å²) in [5.74, 6) is -0.492. The zero-order valence-corrected chi connectivity index (χ0v) is 11.6. The van der Waals surface area contributed by atoms with E-state index < -0.39 is 15.8 Å². The second kappa shape index (κ2) is 5.52. The van der Waals surface area contributed by atoms with Gasteiger partial charge in [0.2, 0.25) is 10.0 Å². The van der Waals surface area contributed by atoms with Crippen LogP contribution in [-0.4, -0.2) is 36.8 Å². The van der Waals surface area contributed by atoms with Crippen molar-refractivity contribution < 1.29 is 12.8 Å². The molecule has 1 aromatic rings. The minimum absolute atomic E-state index is 0.1000. The predicted octanol–water partition coefficient (Wildman–Crippen LogP) is 0.969. The molecule has 0 radical (unpaired) electrons. The number of piperidine rings is 1. The maximum atomic E-state index is 13.1. The third-order valence-corrected chi connectivity index (χ3v) is 5.49. The van der Waals surface area contributed by atoms with E-state index in [4.69, 9.17) is 5.73 Å². The van der Waals surface area contributed by atoms with E-state index in [2.05, 4.69) is 4.98 Å². The Hall–Kier alpha value is -1.05. The molecule has 0 aliphatic carbocycles. The number of nitrogens with zero attached hydrogens (tertiary/aromatic N) is 2. The van der Waals surface area contributed by atoms with Crippen molar-refractivity contribution >= 4 is 10.0 Å². The summed E-state index contributed by atoms with van der Waals surface area (Å²) in [5.41, 5.74) is 5.62. The molecule has 5 nitrogen and oxygen atoms in total. The molecule has 0 aromatic carbocycles. The SMILES string of the molecule is CC1CCC(CN)CN1S(=O)(=O)c1cncc(F)c1. The van der Waals surface area contributed by atoms with Crippen LogP contribution in [0.2, 0.25) is 0 Å². The van der Waals surface area contributed by atoms with Crippen molar-refractivity contribution in [1.82, 2.24) is 9.29 Å². The van der Waals surface area contributed by atoms with Crippen molar-refractivity contribution in [2.24, 2.45) is 11.7 Å². The van der Waals surface area contributed by atoms with Crippen molar-refractivity contribution in [2.75, 3.05) is 13.1 Å². The third-order valence-electron chi connectivity index (χ3n) is 3.54. The molecule has 1 aliphatic rings. The number of nitrogens with two attached hydrogens (primary N) is 1. The first kappa shape index (κ1) is 14.4. The standard InChI is InChI=1S/C12H18FN3O2S/c1-9-2-3-10(5-14)8-16(9)19(17,18)12-4-11(13)6-15-7-12/h4,6-7,9-10H,2-3,5,8,14H2,1H3. The van der Waals surface area contributed by atoms with Crippen molar-refractivity contribution in [3.05, 3.63) is 24.3 Å². The second-order valence-corrected chi connectivity index (χ2v) is 6.83. The van der Waals surface area contributed by atoms with Crippen LogP contribution in [0.3, 0.4) is 0 Å². The summed E-state index contributed by atoms with van der Waals surface area (Å²) in [6.45, 7) is 2.70. The van der Waals surface area contributed by atoms with Crippen LogP contribution in [0.1, 0.15) is 19.8 Å². The van der Waals surface area contributed by atoms with Gasteiger partial charge in [-0.05, 0) is 38.3 Å². The minimum Gasteiger partial charge on any atom is -0.330 e. The van der Waals surface area contributed by atoms with Gasteiger partial charge in [-0.2, -0.15) is 4.31 Å². The quantitative estimate of drug-likeness (QED) is 0.898.